The highest BCUT2D eigenvalue weighted by Crippen LogP contribution is 2.21. The van der Waals surface area contributed by atoms with Crippen LogP contribution in [0.1, 0.15) is 18.5 Å². The van der Waals surface area contributed by atoms with Crippen LogP contribution in [0.4, 0.5) is 8.78 Å². The average molecular weight is 232 g/mol. The van der Waals surface area contributed by atoms with Crippen LogP contribution in [0.15, 0.2) is 18.2 Å². The van der Waals surface area contributed by atoms with Crippen LogP contribution in [0.3, 0.4) is 0 Å². The zero-order valence-corrected chi connectivity index (χ0v) is 9.28. The molecule has 0 aliphatic heterocycles. The van der Waals surface area contributed by atoms with E-state index in [9.17, 15) is 8.78 Å². The quantitative estimate of drug-likeness (QED) is 0.604. The van der Waals surface area contributed by atoms with Gasteiger partial charge >= 0.3 is 0 Å². The number of nitrogens with two attached hydrogens (primary N) is 1. The Morgan fingerprint density at radius 2 is 2.20 bits per heavy atom. The smallest absolute Gasteiger partial charge is 0.130 e. The molecule has 0 radical (unpaired) electrons. The second-order valence-electron chi connectivity index (χ2n) is 3.04. The molecule has 5 heteroatoms. The second kappa shape index (κ2) is 6.05. The van der Waals surface area contributed by atoms with Gasteiger partial charge in [-0.25, -0.2) is 8.78 Å². The molecule has 0 saturated heterocycles. The first kappa shape index (κ1) is 12.4. The minimum absolute atomic E-state index is 0.282. The Labute approximate surface area is 92.2 Å². The molecule has 0 saturated carbocycles. The molecule has 15 heavy (non-hydrogen) atoms. The first-order chi connectivity index (χ1) is 7.19. The van der Waals surface area contributed by atoms with Crippen molar-refractivity contribution in [3.8, 4) is 0 Å². The third-order valence-electron chi connectivity index (χ3n) is 2.03. The van der Waals surface area contributed by atoms with Crippen LogP contribution >= 0.6 is 11.8 Å². The number of thioether (sulfide) groups is 1. The zero-order chi connectivity index (χ0) is 11.3. The second-order valence-corrected chi connectivity index (χ2v) is 4.36. The largest absolute Gasteiger partial charge is 0.271 e. The first-order valence-electron chi connectivity index (χ1n) is 4.67. The maximum Gasteiger partial charge on any atom is 0.130 e. The van der Waals surface area contributed by atoms with Gasteiger partial charge in [-0.2, -0.15) is 11.8 Å². The highest BCUT2D eigenvalue weighted by molar-refractivity contribution is 7.99. The van der Waals surface area contributed by atoms with E-state index < -0.39 is 11.6 Å². The Balaban J connectivity index is 2.81. The average Bonchev–Trinajstić information content (AvgIpc) is 2.21. The topological polar surface area (TPSA) is 38.0 Å². The van der Waals surface area contributed by atoms with Gasteiger partial charge in [-0.15, -0.1) is 0 Å². The number of hydrazine groups is 1. The standard InChI is InChI=1S/C10H14F2N2S/c1-2-15-6-10(14-13)8-4-3-7(11)5-9(8)12/h3-5,10,14H,2,6,13H2,1H3. The van der Waals surface area contributed by atoms with Crippen molar-refractivity contribution in [2.75, 3.05) is 11.5 Å². The van der Waals surface area contributed by atoms with Crippen molar-refractivity contribution in [3.63, 3.8) is 0 Å². The Kier molecular flexibility index (Phi) is 5.01. The summed E-state index contributed by atoms with van der Waals surface area (Å²) < 4.78 is 26.0. The lowest BCUT2D eigenvalue weighted by Crippen LogP contribution is -2.30. The summed E-state index contributed by atoms with van der Waals surface area (Å²) >= 11 is 1.65. The molecule has 1 aromatic rings. The van der Waals surface area contributed by atoms with Crippen molar-refractivity contribution >= 4 is 11.8 Å². The van der Waals surface area contributed by atoms with Gasteiger partial charge in [0.15, 0.2) is 0 Å². The number of benzene rings is 1. The highest BCUT2D eigenvalue weighted by Gasteiger charge is 2.14. The summed E-state index contributed by atoms with van der Waals surface area (Å²) in [7, 11) is 0. The van der Waals surface area contributed by atoms with Gasteiger partial charge in [0, 0.05) is 17.4 Å². The molecular weight excluding hydrogens is 218 g/mol. The summed E-state index contributed by atoms with van der Waals surface area (Å²) in [6.45, 7) is 2.01. The van der Waals surface area contributed by atoms with Crippen molar-refractivity contribution in [1.29, 1.82) is 0 Å². The van der Waals surface area contributed by atoms with E-state index in [0.29, 0.717) is 11.3 Å². The Hall–Kier alpha value is -0.650. The summed E-state index contributed by atoms with van der Waals surface area (Å²) in [5, 5.41) is 0. The molecule has 0 fully saturated rings. The third kappa shape index (κ3) is 3.44. The SMILES string of the molecule is CCSCC(NN)c1ccc(F)cc1F. The fraction of sp³-hybridized carbons (Fsp3) is 0.400. The molecule has 2 nitrogen and oxygen atoms in total. The summed E-state index contributed by atoms with van der Waals surface area (Å²) in [6.07, 6.45) is 0. The van der Waals surface area contributed by atoms with E-state index in [0.717, 1.165) is 11.8 Å². The lowest BCUT2D eigenvalue weighted by molar-refractivity contribution is 0.531. The summed E-state index contributed by atoms with van der Waals surface area (Å²) in [6, 6.07) is 3.25. The maximum absolute atomic E-state index is 13.4. The van der Waals surface area contributed by atoms with Crippen molar-refractivity contribution in [2.24, 2.45) is 5.84 Å². The first-order valence-corrected chi connectivity index (χ1v) is 5.83. The van der Waals surface area contributed by atoms with E-state index in [4.69, 9.17) is 5.84 Å². The van der Waals surface area contributed by atoms with E-state index in [2.05, 4.69) is 5.43 Å². The van der Waals surface area contributed by atoms with Gasteiger partial charge in [0.2, 0.25) is 0 Å². The molecule has 0 spiro atoms. The molecule has 0 aliphatic rings. The van der Waals surface area contributed by atoms with Gasteiger partial charge in [-0.3, -0.25) is 11.3 Å². The van der Waals surface area contributed by atoms with Crippen molar-refractivity contribution in [3.05, 3.63) is 35.4 Å². The predicted molar refractivity (Wildman–Crippen MR) is 59.4 cm³/mol. The minimum Gasteiger partial charge on any atom is -0.271 e. The Morgan fingerprint density at radius 3 is 2.73 bits per heavy atom. The van der Waals surface area contributed by atoms with Crippen LogP contribution in [-0.2, 0) is 0 Å². The monoisotopic (exact) mass is 232 g/mol. The van der Waals surface area contributed by atoms with Gasteiger partial charge in [0.1, 0.15) is 11.6 Å². The molecule has 84 valence electrons. The number of hydrogen-bond donors (Lipinski definition) is 2. The van der Waals surface area contributed by atoms with Crippen molar-refractivity contribution in [2.45, 2.75) is 13.0 Å². The van der Waals surface area contributed by atoms with Crippen LogP contribution in [0.2, 0.25) is 0 Å². The minimum atomic E-state index is -0.574. The van der Waals surface area contributed by atoms with Crippen molar-refractivity contribution < 1.29 is 8.78 Å². The van der Waals surface area contributed by atoms with E-state index in [1.54, 1.807) is 11.8 Å². The van der Waals surface area contributed by atoms with E-state index in [-0.39, 0.29) is 6.04 Å². The van der Waals surface area contributed by atoms with E-state index >= 15 is 0 Å². The molecule has 0 aromatic heterocycles. The Morgan fingerprint density at radius 1 is 1.47 bits per heavy atom. The van der Waals surface area contributed by atoms with Crippen LogP contribution in [0, 0.1) is 11.6 Å². The molecule has 0 heterocycles. The fourth-order valence-corrected chi connectivity index (χ4v) is 1.99. The number of nitrogens with one attached hydrogen (secondary N) is 1. The lowest BCUT2D eigenvalue weighted by Gasteiger charge is -2.16. The highest BCUT2D eigenvalue weighted by atomic mass is 32.2. The third-order valence-corrected chi connectivity index (χ3v) is 3.01. The van der Waals surface area contributed by atoms with Crippen LogP contribution in [-0.4, -0.2) is 11.5 Å². The molecule has 0 aliphatic carbocycles. The summed E-state index contributed by atoms with van der Waals surface area (Å²) in [5.41, 5.74) is 2.93. The van der Waals surface area contributed by atoms with Gasteiger partial charge < -0.3 is 0 Å². The van der Waals surface area contributed by atoms with Gasteiger partial charge in [-0.05, 0) is 11.8 Å². The van der Waals surface area contributed by atoms with Gasteiger partial charge in [-0.1, -0.05) is 13.0 Å². The zero-order valence-electron chi connectivity index (χ0n) is 8.47. The number of hydrogen-bond acceptors (Lipinski definition) is 3. The summed E-state index contributed by atoms with van der Waals surface area (Å²) in [5.74, 6) is 5.79. The molecule has 1 atom stereocenters. The number of rotatable bonds is 5. The predicted octanol–water partition coefficient (Wildman–Crippen LogP) is 2.22. The molecule has 1 rings (SSSR count). The summed E-state index contributed by atoms with van der Waals surface area (Å²) in [4.78, 5) is 0. The van der Waals surface area contributed by atoms with Crippen LogP contribution in [0.25, 0.3) is 0 Å². The van der Waals surface area contributed by atoms with Gasteiger partial charge in [0.05, 0.1) is 6.04 Å². The normalized spacial score (nSPS) is 12.8. The van der Waals surface area contributed by atoms with Gasteiger partial charge in [0.25, 0.3) is 0 Å². The molecular formula is C10H14F2N2S. The lowest BCUT2D eigenvalue weighted by atomic mass is 10.1. The van der Waals surface area contributed by atoms with Crippen molar-refractivity contribution in [1.82, 2.24) is 5.43 Å². The van der Waals surface area contributed by atoms with Crippen LogP contribution < -0.4 is 11.3 Å². The molecule has 0 bridgehead atoms. The molecule has 1 unspecified atom stereocenters. The molecule has 0 amide bonds. The fourth-order valence-electron chi connectivity index (χ4n) is 1.25. The molecule has 1 aromatic carbocycles. The molecule has 3 N–H and O–H groups in total. The maximum atomic E-state index is 13.4. The van der Waals surface area contributed by atoms with Crippen LogP contribution in [0.5, 0.6) is 0 Å². The van der Waals surface area contributed by atoms with E-state index in [1.807, 2.05) is 6.92 Å². The number of halogens is 2. The Bertz CT molecular complexity index is 320. The van der Waals surface area contributed by atoms with E-state index in [1.165, 1.54) is 12.1 Å².